The number of hydrogen-bond acceptors (Lipinski definition) is 5. The Balaban J connectivity index is 1.96. The number of aryl methyl sites for hydroxylation is 1. The number of aliphatic hydroxyl groups excluding tert-OH is 1. The van der Waals surface area contributed by atoms with Crippen LogP contribution < -0.4 is 0 Å². The molecule has 0 bridgehead atoms. The molecule has 6 heteroatoms. The summed E-state index contributed by atoms with van der Waals surface area (Å²) < 4.78 is 0. The minimum Gasteiger partial charge on any atom is -0.395 e. The zero-order valence-electron chi connectivity index (χ0n) is 9.71. The predicted octanol–water partition coefficient (Wildman–Crippen LogP) is -0.0530. The molecule has 1 aromatic heterocycles. The molecule has 1 aliphatic rings. The Kier molecular flexibility index (Phi) is 3.84. The maximum Gasteiger partial charge on any atom is 0.188 e. The third kappa shape index (κ3) is 2.76. The maximum atomic E-state index is 9.08. The molecule has 0 atom stereocenters. The molecule has 1 aliphatic carbocycles. The minimum atomic E-state index is 0.191. The molecule has 0 spiro atoms. The molecule has 0 aliphatic heterocycles. The molecule has 0 aromatic carbocycles. The second-order valence-corrected chi connectivity index (χ2v) is 4.33. The fourth-order valence-corrected chi connectivity index (χ4v) is 2.36. The van der Waals surface area contributed by atoms with E-state index in [0.717, 1.165) is 5.82 Å². The van der Waals surface area contributed by atoms with E-state index in [0.29, 0.717) is 19.1 Å². The van der Waals surface area contributed by atoms with Gasteiger partial charge >= 0.3 is 0 Å². The van der Waals surface area contributed by atoms with E-state index in [-0.39, 0.29) is 6.61 Å². The second-order valence-electron chi connectivity index (χ2n) is 4.33. The van der Waals surface area contributed by atoms with Crippen molar-refractivity contribution >= 4 is 0 Å². The first-order valence-electron chi connectivity index (χ1n) is 5.87. The zero-order valence-corrected chi connectivity index (χ0v) is 9.71. The first kappa shape index (κ1) is 11.5. The summed E-state index contributed by atoms with van der Waals surface area (Å²) in [5.41, 5.74) is 0. The predicted molar refractivity (Wildman–Crippen MR) is 58.5 cm³/mol. The Bertz CT molecular complexity index is 321. The highest BCUT2D eigenvalue weighted by Crippen LogP contribution is 2.23. The quantitative estimate of drug-likeness (QED) is 0.761. The number of rotatable bonds is 5. The molecule has 2 rings (SSSR count). The van der Waals surface area contributed by atoms with Gasteiger partial charge in [-0.3, -0.25) is 4.90 Å². The first-order chi connectivity index (χ1) is 7.79. The highest BCUT2D eigenvalue weighted by molar-refractivity contribution is 4.83. The summed E-state index contributed by atoms with van der Waals surface area (Å²) in [4.78, 5) is 3.74. The van der Waals surface area contributed by atoms with Crippen molar-refractivity contribution in [2.24, 2.45) is 7.05 Å². The van der Waals surface area contributed by atoms with Crippen LogP contribution in [0, 0.1) is 0 Å². The smallest absolute Gasteiger partial charge is 0.188 e. The molecule has 1 fully saturated rings. The van der Waals surface area contributed by atoms with E-state index in [1.807, 2.05) is 0 Å². The van der Waals surface area contributed by atoms with Crippen LogP contribution in [0.25, 0.3) is 0 Å². The van der Waals surface area contributed by atoms with Crippen LogP contribution in [-0.4, -0.2) is 49.4 Å². The van der Waals surface area contributed by atoms with Gasteiger partial charge < -0.3 is 5.11 Å². The molecular weight excluding hydrogens is 206 g/mol. The van der Waals surface area contributed by atoms with Crippen LogP contribution >= 0.6 is 0 Å². The third-order valence-electron chi connectivity index (χ3n) is 3.12. The standard InChI is InChI=1S/C10H19N5O/c1-14-12-10(11-13-14)8-15(6-7-16)9-4-2-3-5-9/h9,16H,2-8H2,1H3. The number of aliphatic hydroxyl groups is 1. The summed E-state index contributed by atoms with van der Waals surface area (Å²) in [6, 6.07) is 0.580. The lowest BCUT2D eigenvalue weighted by molar-refractivity contribution is 0.141. The molecule has 0 amide bonds. The van der Waals surface area contributed by atoms with Gasteiger partial charge in [0.15, 0.2) is 5.82 Å². The number of tetrazole rings is 1. The summed E-state index contributed by atoms with van der Waals surface area (Å²) in [5.74, 6) is 0.739. The van der Waals surface area contributed by atoms with Gasteiger partial charge in [0.1, 0.15) is 0 Å². The van der Waals surface area contributed by atoms with E-state index >= 15 is 0 Å². The van der Waals surface area contributed by atoms with Gasteiger partial charge in [0, 0.05) is 12.6 Å². The van der Waals surface area contributed by atoms with Crippen LogP contribution in [0.2, 0.25) is 0 Å². The van der Waals surface area contributed by atoms with Gasteiger partial charge in [0.2, 0.25) is 0 Å². The van der Waals surface area contributed by atoms with Crippen LogP contribution in [0.15, 0.2) is 0 Å². The van der Waals surface area contributed by atoms with E-state index in [2.05, 4.69) is 20.3 Å². The van der Waals surface area contributed by atoms with Gasteiger partial charge in [-0.05, 0) is 18.1 Å². The summed E-state index contributed by atoms with van der Waals surface area (Å²) in [6.45, 7) is 1.58. The van der Waals surface area contributed by atoms with E-state index < -0.39 is 0 Å². The monoisotopic (exact) mass is 225 g/mol. The molecule has 1 saturated carbocycles. The van der Waals surface area contributed by atoms with E-state index in [9.17, 15) is 0 Å². The molecule has 0 saturated heterocycles. The second kappa shape index (κ2) is 5.36. The van der Waals surface area contributed by atoms with Crippen molar-refractivity contribution in [3.63, 3.8) is 0 Å². The molecule has 90 valence electrons. The number of hydrogen-bond donors (Lipinski definition) is 1. The van der Waals surface area contributed by atoms with Gasteiger partial charge in [-0.1, -0.05) is 12.8 Å². The highest BCUT2D eigenvalue weighted by Gasteiger charge is 2.23. The largest absolute Gasteiger partial charge is 0.395 e. The van der Waals surface area contributed by atoms with Gasteiger partial charge in [0.05, 0.1) is 20.2 Å². The highest BCUT2D eigenvalue weighted by atomic mass is 16.3. The molecule has 1 heterocycles. The normalized spacial score (nSPS) is 17.4. The van der Waals surface area contributed by atoms with Crippen LogP contribution in [0.3, 0.4) is 0 Å². The van der Waals surface area contributed by atoms with E-state index in [4.69, 9.17) is 5.11 Å². The maximum absolute atomic E-state index is 9.08. The fraction of sp³-hybridized carbons (Fsp3) is 0.900. The summed E-state index contributed by atoms with van der Waals surface area (Å²) >= 11 is 0. The average Bonchev–Trinajstić information content (AvgIpc) is 2.88. The zero-order chi connectivity index (χ0) is 11.4. The summed E-state index contributed by atoms with van der Waals surface area (Å²) in [5, 5.41) is 21.1. The van der Waals surface area contributed by atoms with E-state index in [1.54, 1.807) is 7.05 Å². The Morgan fingerprint density at radius 2 is 2.19 bits per heavy atom. The Morgan fingerprint density at radius 1 is 1.44 bits per heavy atom. The van der Waals surface area contributed by atoms with Gasteiger partial charge in [-0.15, -0.1) is 10.2 Å². The van der Waals surface area contributed by atoms with Crippen LogP contribution in [0.1, 0.15) is 31.5 Å². The van der Waals surface area contributed by atoms with Gasteiger partial charge in [0.25, 0.3) is 0 Å². The molecule has 16 heavy (non-hydrogen) atoms. The van der Waals surface area contributed by atoms with Crippen LogP contribution in [-0.2, 0) is 13.6 Å². The lowest BCUT2D eigenvalue weighted by atomic mass is 10.2. The van der Waals surface area contributed by atoms with Crippen molar-refractivity contribution in [2.75, 3.05) is 13.2 Å². The lowest BCUT2D eigenvalue weighted by Gasteiger charge is -2.26. The van der Waals surface area contributed by atoms with Crippen molar-refractivity contribution in [1.29, 1.82) is 0 Å². The van der Waals surface area contributed by atoms with Crippen LogP contribution in [0.5, 0.6) is 0 Å². The first-order valence-corrected chi connectivity index (χ1v) is 5.87. The van der Waals surface area contributed by atoms with E-state index in [1.165, 1.54) is 30.5 Å². The SMILES string of the molecule is Cn1nnc(CN(CCO)C2CCCC2)n1. The third-order valence-corrected chi connectivity index (χ3v) is 3.12. The number of nitrogens with zero attached hydrogens (tertiary/aromatic N) is 5. The number of aromatic nitrogens is 4. The van der Waals surface area contributed by atoms with Crippen LogP contribution in [0.4, 0.5) is 0 Å². The van der Waals surface area contributed by atoms with Gasteiger partial charge in [-0.2, -0.15) is 4.80 Å². The van der Waals surface area contributed by atoms with Crippen molar-refractivity contribution in [3.05, 3.63) is 5.82 Å². The Hall–Kier alpha value is -1.01. The molecule has 1 N–H and O–H groups in total. The molecular formula is C10H19N5O. The topological polar surface area (TPSA) is 67.1 Å². The van der Waals surface area contributed by atoms with Crippen molar-refractivity contribution in [3.8, 4) is 0 Å². The minimum absolute atomic E-state index is 0.191. The Morgan fingerprint density at radius 3 is 2.75 bits per heavy atom. The average molecular weight is 225 g/mol. The molecule has 6 nitrogen and oxygen atoms in total. The fourth-order valence-electron chi connectivity index (χ4n) is 2.36. The van der Waals surface area contributed by atoms with Crippen molar-refractivity contribution in [1.82, 2.24) is 25.1 Å². The summed E-state index contributed by atoms with van der Waals surface area (Å²) in [6.07, 6.45) is 5.03. The molecule has 0 unspecified atom stereocenters. The molecule has 0 radical (unpaired) electrons. The Labute approximate surface area is 95.2 Å². The lowest BCUT2D eigenvalue weighted by Crippen LogP contribution is -2.35. The van der Waals surface area contributed by atoms with Crippen molar-refractivity contribution < 1.29 is 5.11 Å². The molecule has 1 aromatic rings. The van der Waals surface area contributed by atoms with Gasteiger partial charge in [-0.25, -0.2) is 0 Å². The summed E-state index contributed by atoms with van der Waals surface area (Å²) in [7, 11) is 1.77. The van der Waals surface area contributed by atoms with Crippen molar-refractivity contribution in [2.45, 2.75) is 38.3 Å².